The molecule has 2 nitrogen and oxygen atoms in total. The number of rotatable bonds is 3. The summed E-state index contributed by atoms with van der Waals surface area (Å²) in [5, 5.41) is 0. The van der Waals surface area contributed by atoms with Gasteiger partial charge in [0.1, 0.15) is 0 Å². The van der Waals surface area contributed by atoms with Crippen molar-refractivity contribution in [3.8, 4) is 0 Å². The molecule has 0 aromatic heterocycles. The molecular formula is C10H15BrN2. The van der Waals surface area contributed by atoms with Crippen LogP contribution in [0, 0.1) is 0 Å². The van der Waals surface area contributed by atoms with Crippen LogP contribution < -0.4 is 11.5 Å². The molecule has 1 rings (SSSR count). The summed E-state index contributed by atoms with van der Waals surface area (Å²) in [5.41, 5.74) is 13.5. The van der Waals surface area contributed by atoms with Crippen molar-refractivity contribution in [2.24, 2.45) is 5.73 Å². The molecule has 0 aliphatic carbocycles. The van der Waals surface area contributed by atoms with Gasteiger partial charge in [-0.1, -0.05) is 19.4 Å². The van der Waals surface area contributed by atoms with E-state index in [0.29, 0.717) is 0 Å². The summed E-state index contributed by atoms with van der Waals surface area (Å²) in [4.78, 5) is 0. The summed E-state index contributed by atoms with van der Waals surface area (Å²) in [6.07, 6.45) is 2.11. The van der Waals surface area contributed by atoms with Gasteiger partial charge in [0.05, 0.1) is 0 Å². The second-order valence-electron chi connectivity index (χ2n) is 3.18. The number of hydrogen-bond acceptors (Lipinski definition) is 2. The Morgan fingerprint density at radius 2 is 2.15 bits per heavy atom. The molecule has 0 heterocycles. The zero-order valence-corrected chi connectivity index (χ0v) is 9.34. The fourth-order valence-electron chi connectivity index (χ4n) is 1.25. The largest absolute Gasteiger partial charge is 0.398 e. The predicted octanol–water partition coefficient (Wildman–Crippen LogP) is 2.83. The number of nitrogen functional groups attached to an aromatic ring is 1. The molecule has 0 aliphatic heterocycles. The monoisotopic (exact) mass is 242 g/mol. The Morgan fingerprint density at radius 3 is 2.69 bits per heavy atom. The third-order valence-corrected chi connectivity index (χ3v) is 2.74. The molecule has 0 radical (unpaired) electrons. The highest BCUT2D eigenvalue weighted by molar-refractivity contribution is 9.10. The fourth-order valence-corrected chi connectivity index (χ4v) is 1.65. The van der Waals surface area contributed by atoms with Crippen LogP contribution in [0.1, 0.15) is 31.4 Å². The van der Waals surface area contributed by atoms with Gasteiger partial charge in [-0.25, -0.2) is 0 Å². The minimum Gasteiger partial charge on any atom is -0.398 e. The first-order valence-electron chi connectivity index (χ1n) is 4.45. The minimum absolute atomic E-state index is 0.127. The zero-order chi connectivity index (χ0) is 9.84. The van der Waals surface area contributed by atoms with Crippen LogP contribution in [-0.4, -0.2) is 0 Å². The molecule has 4 N–H and O–H groups in total. The fraction of sp³-hybridized carbons (Fsp3) is 0.400. The number of halogens is 1. The Hall–Kier alpha value is -0.540. The van der Waals surface area contributed by atoms with E-state index in [1.165, 1.54) is 0 Å². The Bertz CT molecular complexity index is 286. The SMILES string of the molecule is CCC[C@@H](N)c1ccc(N)c(Br)c1. The third-order valence-electron chi connectivity index (χ3n) is 2.05. The summed E-state index contributed by atoms with van der Waals surface area (Å²) < 4.78 is 0.927. The molecule has 0 unspecified atom stereocenters. The van der Waals surface area contributed by atoms with Crippen molar-refractivity contribution in [1.29, 1.82) is 0 Å². The summed E-state index contributed by atoms with van der Waals surface area (Å²) >= 11 is 3.38. The molecule has 1 aromatic rings. The highest BCUT2D eigenvalue weighted by atomic mass is 79.9. The van der Waals surface area contributed by atoms with Gasteiger partial charge in [0.2, 0.25) is 0 Å². The van der Waals surface area contributed by atoms with Crippen LogP contribution in [0.3, 0.4) is 0 Å². The van der Waals surface area contributed by atoms with Crippen LogP contribution in [0.2, 0.25) is 0 Å². The van der Waals surface area contributed by atoms with E-state index in [1.807, 2.05) is 18.2 Å². The normalized spacial score (nSPS) is 12.8. The Balaban J connectivity index is 2.84. The van der Waals surface area contributed by atoms with E-state index in [1.54, 1.807) is 0 Å². The lowest BCUT2D eigenvalue weighted by molar-refractivity contribution is 0.638. The van der Waals surface area contributed by atoms with Crippen molar-refractivity contribution in [3.63, 3.8) is 0 Å². The zero-order valence-electron chi connectivity index (χ0n) is 7.76. The molecule has 0 spiro atoms. The van der Waals surface area contributed by atoms with Gasteiger partial charge in [-0.15, -0.1) is 0 Å². The van der Waals surface area contributed by atoms with E-state index in [2.05, 4.69) is 22.9 Å². The van der Waals surface area contributed by atoms with Crippen LogP contribution in [0.25, 0.3) is 0 Å². The molecule has 0 bridgehead atoms. The first-order chi connectivity index (χ1) is 6.15. The quantitative estimate of drug-likeness (QED) is 0.802. The average Bonchev–Trinajstić information content (AvgIpc) is 2.10. The molecule has 0 amide bonds. The van der Waals surface area contributed by atoms with Gasteiger partial charge >= 0.3 is 0 Å². The average molecular weight is 243 g/mol. The van der Waals surface area contributed by atoms with Gasteiger partial charge in [-0.2, -0.15) is 0 Å². The maximum absolute atomic E-state index is 5.96. The minimum atomic E-state index is 0.127. The van der Waals surface area contributed by atoms with Gasteiger partial charge in [0, 0.05) is 16.2 Å². The number of nitrogens with two attached hydrogens (primary N) is 2. The van der Waals surface area contributed by atoms with E-state index in [-0.39, 0.29) is 6.04 Å². The van der Waals surface area contributed by atoms with Crippen LogP contribution in [0.4, 0.5) is 5.69 Å². The van der Waals surface area contributed by atoms with Crippen molar-refractivity contribution in [3.05, 3.63) is 28.2 Å². The first-order valence-corrected chi connectivity index (χ1v) is 5.25. The lowest BCUT2D eigenvalue weighted by atomic mass is 10.0. The summed E-state index contributed by atoms with van der Waals surface area (Å²) in [7, 11) is 0. The Kier molecular flexibility index (Phi) is 3.75. The molecule has 0 aliphatic rings. The van der Waals surface area contributed by atoms with Crippen molar-refractivity contribution in [1.82, 2.24) is 0 Å². The lowest BCUT2D eigenvalue weighted by Gasteiger charge is -2.11. The molecule has 13 heavy (non-hydrogen) atoms. The molecule has 0 saturated heterocycles. The van der Waals surface area contributed by atoms with E-state index in [0.717, 1.165) is 28.6 Å². The van der Waals surface area contributed by atoms with Crippen LogP contribution in [-0.2, 0) is 0 Å². The maximum Gasteiger partial charge on any atom is 0.0458 e. The number of hydrogen-bond donors (Lipinski definition) is 2. The lowest BCUT2D eigenvalue weighted by Crippen LogP contribution is -2.09. The summed E-state index contributed by atoms with van der Waals surface area (Å²) in [6.45, 7) is 2.13. The van der Waals surface area contributed by atoms with E-state index in [4.69, 9.17) is 11.5 Å². The second kappa shape index (κ2) is 4.63. The van der Waals surface area contributed by atoms with E-state index < -0.39 is 0 Å². The van der Waals surface area contributed by atoms with Gasteiger partial charge in [0.25, 0.3) is 0 Å². The molecule has 1 aromatic carbocycles. The highest BCUT2D eigenvalue weighted by Gasteiger charge is 2.05. The van der Waals surface area contributed by atoms with Crippen molar-refractivity contribution >= 4 is 21.6 Å². The van der Waals surface area contributed by atoms with Crippen LogP contribution >= 0.6 is 15.9 Å². The van der Waals surface area contributed by atoms with Crippen molar-refractivity contribution in [2.75, 3.05) is 5.73 Å². The van der Waals surface area contributed by atoms with Gasteiger partial charge in [-0.3, -0.25) is 0 Å². The van der Waals surface area contributed by atoms with Crippen molar-refractivity contribution in [2.45, 2.75) is 25.8 Å². The molecular weight excluding hydrogens is 228 g/mol. The van der Waals surface area contributed by atoms with Gasteiger partial charge < -0.3 is 11.5 Å². The standard InChI is InChI=1S/C10H15BrN2/c1-2-3-9(12)7-4-5-10(13)8(11)6-7/h4-6,9H,2-3,12-13H2,1H3/t9-/m1/s1. The van der Waals surface area contributed by atoms with Gasteiger partial charge in [0.15, 0.2) is 0 Å². The second-order valence-corrected chi connectivity index (χ2v) is 4.03. The molecule has 0 fully saturated rings. The molecule has 3 heteroatoms. The maximum atomic E-state index is 5.96. The van der Waals surface area contributed by atoms with Gasteiger partial charge in [-0.05, 0) is 40.0 Å². The Morgan fingerprint density at radius 1 is 1.46 bits per heavy atom. The molecule has 1 atom stereocenters. The third kappa shape index (κ3) is 2.71. The van der Waals surface area contributed by atoms with E-state index >= 15 is 0 Å². The highest BCUT2D eigenvalue weighted by Crippen LogP contribution is 2.24. The number of anilines is 1. The van der Waals surface area contributed by atoms with Crippen LogP contribution in [0.15, 0.2) is 22.7 Å². The first kappa shape index (κ1) is 10.5. The smallest absolute Gasteiger partial charge is 0.0458 e. The van der Waals surface area contributed by atoms with Crippen molar-refractivity contribution < 1.29 is 0 Å². The molecule has 72 valence electrons. The Labute approximate surface area is 87.4 Å². The molecule has 0 saturated carbocycles. The predicted molar refractivity (Wildman–Crippen MR) is 60.4 cm³/mol. The van der Waals surface area contributed by atoms with Crippen LogP contribution in [0.5, 0.6) is 0 Å². The topological polar surface area (TPSA) is 52.0 Å². The van der Waals surface area contributed by atoms with E-state index in [9.17, 15) is 0 Å². The summed E-state index contributed by atoms with van der Waals surface area (Å²) in [6, 6.07) is 5.99. The number of benzene rings is 1. The summed E-state index contributed by atoms with van der Waals surface area (Å²) in [5.74, 6) is 0.